The Morgan fingerprint density at radius 3 is 2.55 bits per heavy atom. The summed E-state index contributed by atoms with van der Waals surface area (Å²) in [6.07, 6.45) is 0. The molecule has 2 aromatic heterocycles. The molecule has 0 radical (unpaired) electrons. The summed E-state index contributed by atoms with van der Waals surface area (Å²) in [6, 6.07) is 21.1. The number of nitrogens with one attached hydrogen (secondary N) is 1. The van der Waals surface area contributed by atoms with Gasteiger partial charge in [0.15, 0.2) is 5.65 Å². The highest BCUT2D eigenvalue weighted by atomic mass is 32.2. The second kappa shape index (κ2) is 11.7. The van der Waals surface area contributed by atoms with E-state index >= 15 is 0 Å². The number of hydrogen-bond donors (Lipinski definition) is 1. The van der Waals surface area contributed by atoms with Crippen LogP contribution in [0.2, 0.25) is 0 Å². The number of fused-ring (bicyclic) bond motifs is 3. The number of rotatable bonds is 9. The maximum atomic E-state index is 13.4. The van der Waals surface area contributed by atoms with Gasteiger partial charge in [0, 0.05) is 18.5 Å². The van der Waals surface area contributed by atoms with E-state index in [0.29, 0.717) is 59.7 Å². The van der Waals surface area contributed by atoms with Gasteiger partial charge in [0.05, 0.1) is 42.8 Å². The Morgan fingerprint density at radius 2 is 1.76 bits per heavy atom. The van der Waals surface area contributed by atoms with E-state index < -0.39 is 15.9 Å². The van der Waals surface area contributed by atoms with E-state index in [2.05, 4.69) is 20.5 Å². The zero-order valence-corrected chi connectivity index (χ0v) is 23.6. The highest BCUT2D eigenvalue weighted by molar-refractivity contribution is 7.89. The van der Waals surface area contributed by atoms with Crippen LogP contribution in [-0.4, -0.2) is 78.4 Å². The van der Waals surface area contributed by atoms with Gasteiger partial charge in [-0.05, 0) is 42.5 Å². The first kappa shape index (κ1) is 27.6. The Hall–Kier alpha value is -4.59. The maximum Gasteiger partial charge on any atom is 0.261 e. The van der Waals surface area contributed by atoms with Crippen molar-refractivity contribution in [2.75, 3.05) is 45.3 Å². The van der Waals surface area contributed by atoms with Gasteiger partial charge < -0.3 is 18.8 Å². The van der Waals surface area contributed by atoms with E-state index in [1.54, 1.807) is 42.5 Å². The van der Waals surface area contributed by atoms with Crippen LogP contribution in [0.15, 0.2) is 77.7 Å². The largest absolute Gasteiger partial charge is 0.496 e. The van der Waals surface area contributed by atoms with Gasteiger partial charge in [-0.25, -0.2) is 8.42 Å². The normalized spacial score (nSPS) is 14.2. The van der Waals surface area contributed by atoms with Crippen molar-refractivity contribution in [3.05, 3.63) is 78.4 Å². The fraction of sp³-hybridized carbons (Fsp3) is 0.241. The summed E-state index contributed by atoms with van der Waals surface area (Å²) >= 11 is 0. The fourth-order valence-electron chi connectivity index (χ4n) is 4.88. The van der Waals surface area contributed by atoms with Crippen LogP contribution >= 0.6 is 0 Å². The molecule has 1 aliphatic rings. The van der Waals surface area contributed by atoms with Gasteiger partial charge in [0.2, 0.25) is 10.0 Å². The number of methoxy groups -OCH3 is 1. The second-order valence-electron chi connectivity index (χ2n) is 9.47. The first-order valence-electron chi connectivity index (χ1n) is 13.3. The lowest BCUT2D eigenvalue weighted by Crippen LogP contribution is -2.40. The van der Waals surface area contributed by atoms with Crippen molar-refractivity contribution in [2.24, 2.45) is 0 Å². The molecule has 0 spiro atoms. The number of sulfonamides is 1. The molecule has 13 heteroatoms. The van der Waals surface area contributed by atoms with Gasteiger partial charge in [-0.15, -0.1) is 10.2 Å². The molecule has 0 aliphatic carbocycles. The van der Waals surface area contributed by atoms with E-state index in [0.717, 1.165) is 5.75 Å². The van der Waals surface area contributed by atoms with Crippen molar-refractivity contribution in [3.63, 3.8) is 0 Å². The molecule has 3 heterocycles. The van der Waals surface area contributed by atoms with Gasteiger partial charge in [-0.2, -0.15) is 9.29 Å². The molecule has 12 nitrogen and oxygen atoms in total. The summed E-state index contributed by atoms with van der Waals surface area (Å²) < 4.78 is 46.7. The van der Waals surface area contributed by atoms with Crippen LogP contribution < -0.4 is 14.8 Å². The Labute approximate surface area is 241 Å². The minimum absolute atomic E-state index is 0.00685. The number of aromatic nitrogens is 4. The minimum Gasteiger partial charge on any atom is -0.496 e. The number of para-hydroxylation sites is 2. The van der Waals surface area contributed by atoms with Gasteiger partial charge in [-0.1, -0.05) is 30.3 Å². The lowest BCUT2D eigenvalue weighted by atomic mass is 10.2. The standard InChI is InChI=1S/C29H28N6O6S/c1-39-25-10-6-5-9-22(25)28(36)31-29-30-27-26(32-33-29)23-19-21(42(37,38)34-13-16-40-17-14-34)11-12-24(23)35(27)15-18-41-20-7-3-2-4-8-20/h2-12,19H,13-18H2,1H3,(H,30,31,33,36). The molecule has 6 rings (SSSR count). The fourth-order valence-corrected chi connectivity index (χ4v) is 6.32. The topological polar surface area (TPSA) is 138 Å². The molecule has 0 saturated carbocycles. The number of benzene rings is 3. The van der Waals surface area contributed by atoms with Crippen molar-refractivity contribution < 1.29 is 27.4 Å². The lowest BCUT2D eigenvalue weighted by molar-refractivity contribution is 0.0730. The number of amides is 1. The third-order valence-electron chi connectivity index (χ3n) is 6.95. The first-order chi connectivity index (χ1) is 20.5. The molecule has 216 valence electrons. The number of hydrogen-bond acceptors (Lipinski definition) is 9. The van der Waals surface area contributed by atoms with Crippen molar-refractivity contribution in [3.8, 4) is 11.5 Å². The molecule has 1 aliphatic heterocycles. The van der Waals surface area contributed by atoms with Crippen molar-refractivity contribution in [2.45, 2.75) is 11.4 Å². The van der Waals surface area contributed by atoms with E-state index in [-0.39, 0.29) is 23.9 Å². The molecule has 0 atom stereocenters. The van der Waals surface area contributed by atoms with Gasteiger partial charge in [-0.3, -0.25) is 10.1 Å². The minimum atomic E-state index is -3.75. The molecule has 1 fully saturated rings. The van der Waals surface area contributed by atoms with Crippen molar-refractivity contribution in [1.82, 2.24) is 24.1 Å². The average Bonchev–Trinajstić information content (AvgIpc) is 3.34. The predicted octanol–water partition coefficient (Wildman–Crippen LogP) is 3.34. The van der Waals surface area contributed by atoms with Crippen LogP contribution in [0.5, 0.6) is 11.5 Å². The lowest BCUT2D eigenvalue weighted by Gasteiger charge is -2.26. The molecule has 1 saturated heterocycles. The van der Waals surface area contributed by atoms with Gasteiger partial charge in [0.1, 0.15) is 23.6 Å². The summed E-state index contributed by atoms with van der Waals surface area (Å²) in [5.74, 6) is 0.662. The number of anilines is 1. The summed E-state index contributed by atoms with van der Waals surface area (Å²) in [5.41, 5.74) is 1.85. The second-order valence-corrected chi connectivity index (χ2v) is 11.4. The van der Waals surface area contributed by atoms with E-state index in [1.807, 2.05) is 34.9 Å². The molecule has 0 unspecified atom stereocenters. The Kier molecular flexibility index (Phi) is 7.69. The van der Waals surface area contributed by atoms with E-state index in [1.165, 1.54) is 11.4 Å². The average molecular weight is 589 g/mol. The molecule has 1 amide bonds. The Balaban J connectivity index is 1.39. The summed E-state index contributed by atoms with van der Waals surface area (Å²) in [6.45, 7) is 1.96. The highest BCUT2D eigenvalue weighted by Gasteiger charge is 2.28. The molecule has 1 N–H and O–H groups in total. The van der Waals surface area contributed by atoms with Crippen LogP contribution in [0.1, 0.15) is 10.4 Å². The molecule has 3 aromatic carbocycles. The number of nitrogens with zero attached hydrogens (tertiary/aromatic N) is 5. The molecular formula is C29H28N6O6S. The summed E-state index contributed by atoms with van der Waals surface area (Å²) in [4.78, 5) is 17.8. The zero-order chi connectivity index (χ0) is 29.1. The van der Waals surface area contributed by atoms with E-state index in [9.17, 15) is 13.2 Å². The Bertz CT molecular complexity index is 1860. The van der Waals surface area contributed by atoms with Crippen LogP contribution in [-0.2, 0) is 21.3 Å². The number of morpholine rings is 1. The van der Waals surface area contributed by atoms with Crippen LogP contribution in [0.3, 0.4) is 0 Å². The van der Waals surface area contributed by atoms with Crippen LogP contribution in [0.4, 0.5) is 5.95 Å². The summed E-state index contributed by atoms with van der Waals surface area (Å²) in [5, 5.41) is 11.8. The van der Waals surface area contributed by atoms with E-state index in [4.69, 9.17) is 14.2 Å². The van der Waals surface area contributed by atoms with Gasteiger partial charge in [0.25, 0.3) is 11.9 Å². The highest BCUT2D eigenvalue weighted by Crippen LogP contribution is 2.30. The third-order valence-corrected chi connectivity index (χ3v) is 8.84. The van der Waals surface area contributed by atoms with Crippen molar-refractivity contribution >= 4 is 43.9 Å². The molecular weight excluding hydrogens is 560 g/mol. The maximum absolute atomic E-state index is 13.4. The van der Waals surface area contributed by atoms with Crippen LogP contribution in [0.25, 0.3) is 22.1 Å². The molecule has 42 heavy (non-hydrogen) atoms. The summed E-state index contributed by atoms with van der Waals surface area (Å²) in [7, 11) is -2.26. The molecule has 0 bridgehead atoms. The van der Waals surface area contributed by atoms with Gasteiger partial charge >= 0.3 is 0 Å². The number of ether oxygens (including phenoxy) is 3. The third kappa shape index (κ3) is 5.36. The first-order valence-corrected chi connectivity index (χ1v) is 14.8. The van der Waals surface area contributed by atoms with Crippen molar-refractivity contribution in [1.29, 1.82) is 0 Å². The monoisotopic (exact) mass is 588 g/mol. The predicted molar refractivity (Wildman–Crippen MR) is 155 cm³/mol. The quantitative estimate of drug-likeness (QED) is 0.275. The Morgan fingerprint density at radius 1 is 1.00 bits per heavy atom. The number of carbonyl (C=O) groups excluding carboxylic acids is 1. The SMILES string of the molecule is COc1ccccc1C(=O)Nc1nnc2c3cc(S(=O)(=O)N4CCOCC4)ccc3n(CCOc3ccccc3)c2n1. The molecule has 5 aromatic rings. The zero-order valence-electron chi connectivity index (χ0n) is 22.8. The smallest absolute Gasteiger partial charge is 0.261 e. The van der Waals surface area contributed by atoms with Crippen LogP contribution in [0, 0.1) is 0 Å². The number of carbonyl (C=O) groups is 1.